The van der Waals surface area contributed by atoms with E-state index < -0.39 is 0 Å². The van der Waals surface area contributed by atoms with Crippen LogP contribution in [0.1, 0.15) is 29.3 Å². The van der Waals surface area contributed by atoms with Gasteiger partial charge in [0.25, 0.3) is 0 Å². The minimum absolute atomic E-state index is 0.732. The van der Waals surface area contributed by atoms with E-state index >= 15 is 0 Å². The summed E-state index contributed by atoms with van der Waals surface area (Å²) in [5.41, 5.74) is 2.66. The van der Waals surface area contributed by atoms with Crippen molar-refractivity contribution in [2.75, 3.05) is 26.1 Å². The predicted molar refractivity (Wildman–Crippen MR) is 110 cm³/mol. The number of hydrogen-bond acceptors (Lipinski definition) is 6. The van der Waals surface area contributed by atoms with Crippen LogP contribution >= 0.6 is 11.3 Å². The Labute approximate surface area is 163 Å². The van der Waals surface area contributed by atoms with Gasteiger partial charge < -0.3 is 14.8 Å². The van der Waals surface area contributed by atoms with Gasteiger partial charge in [-0.15, -0.1) is 11.3 Å². The van der Waals surface area contributed by atoms with Gasteiger partial charge in [0.15, 0.2) is 11.5 Å². The number of thiophene rings is 1. The van der Waals surface area contributed by atoms with E-state index in [1.807, 2.05) is 23.5 Å². The predicted octanol–water partition coefficient (Wildman–Crippen LogP) is 4.49. The van der Waals surface area contributed by atoms with Crippen LogP contribution in [0.15, 0.2) is 24.5 Å². The summed E-state index contributed by atoms with van der Waals surface area (Å²) in [6.45, 7) is 3.14. The fourth-order valence-corrected chi connectivity index (χ4v) is 4.96. The maximum Gasteiger partial charge on any atom is 0.160 e. The number of hydrogen-bond donors (Lipinski definition) is 1. The Morgan fingerprint density at radius 1 is 1.19 bits per heavy atom. The van der Waals surface area contributed by atoms with Crippen molar-refractivity contribution in [1.82, 2.24) is 9.97 Å². The third-order valence-corrected chi connectivity index (χ3v) is 6.44. The topological polar surface area (TPSA) is 56.3 Å². The molecule has 1 aliphatic rings. The van der Waals surface area contributed by atoms with Crippen LogP contribution in [0, 0.1) is 5.92 Å². The van der Waals surface area contributed by atoms with Crippen LogP contribution in [0.5, 0.6) is 11.5 Å². The van der Waals surface area contributed by atoms with Gasteiger partial charge in [0, 0.05) is 11.4 Å². The zero-order valence-corrected chi connectivity index (χ0v) is 16.9. The second kappa shape index (κ2) is 7.72. The quantitative estimate of drug-likeness (QED) is 0.680. The van der Waals surface area contributed by atoms with Crippen molar-refractivity contribution in [3.8, 4) is 11.5 Å². The third kappa shape index (κ3) is 3.58. The second-order valence-electron chi connectivity index (χ2n) is 7.12. The SMILES string of the molecule is COc1ccc(CCNc2ncnc3sc4c(c23)C[C@H](C)CC4)cc1OC. The van der Waals surface area contributed by atoms with Gasteiger partial charge in [-0.2, -0.15) is 0 Å². The minimum Gasteiger partial charge on any atom is -0.493 e. The standard InChI is InChI=1S/C21H25N3O2S/c1-13-4-7-18-15(10-13)19-20(23-12-24-21(19)27-18)22-9-8-14-5-6-16(25-2)17(11-14)26-3/h5-6,11-13H,4,7-10H2,1-3H3,(H,22,23,24)/t13-/m1/s1. The van der Waals surface area contributed by atoms with Gasteiger partial charge in [0.2, 0.25) is 0 Å². The lowest BCUT2D eigenvalue weighted by Crippen LogP contribution is -2.11. The number of benzene rings is 1. The molecule has 0 bridgehead atoms. The average Bonchev–Trinajstić information content (AvgIpc) is 3.06. The first kappa shape index (κ1) is 18.0. The molecule has 142 valence electrons. The number of anilines is 1. The molecule has 27 heavy (non-hydrogen) atoms. The fraction of sp³-hybridized carbons (Fsp3) is 0.429. The van der Waals surface area contributed by atoms with E-state index in [2.05, 4.69) is 28.3 Å². The van der Waals surface area contributed by atoms with E-state index in [4.69, 9.17) is 9.47 Å². The number of nitrogens with zero attached hydrogens (tertiary/aromatic N) is 2. The largest absolute Gasteiger partial charge is 0.493 e. The van der Waals surface area contributed by atoms with E-state index in [0.717, 1.165) is 47.5 Å². The normalized spacial score (nSPS) is 16.2. The number of aryl methyl sites for hydroxylation is 1. The number of rotatable bonds is 6. The number of nitrogens with one attached hydrogen (secondary N) is 1. The van der Waals surface area contributed by atoms with Crippen LogP contribution in [0.4, 0.5) is 5.82 Å². The highest BCUT2D eigenvalue weighted by Crippen LogP contribution is 2.39. The molecule has 2 aromatic heterocycles. The summed E-state index contributed by atoms with van der Waals surface area (Å²) in [5, 5.41) is 4.77. The summed E-state index contributed by atoms with van der Waals surface area (Å²) in [5.74, 6) is 3.22. The lowest BCUT2D eigenvalue weighted by atomic mass is 9.88. The Balaban J connectivity index is 1.52. The number of methoxy groups -OCH3 is 2. The van der Waals surface area contributed by atoms with Crippen LogP contribution in [0.3, 0.4) is 0 Å². The fourth-order valence-electron chi connectivity index (χ4n) is 3.78. The van der Waals surface area contributed by atoms with Gasteiger partial charge in [0.05, 0.1) is 19.6 Å². The van der Waals surface area contributed by atoms with Gasteiger partial charge in [-0.3, -0.25) is 0 Å². The first-order valence-corrected chi connectivity index (χ1v) is 10.2. The molecule has 0 spiro atoms. The molecule has 0 saturated heterocycles. The molecule has 1 aliphatic carbocycles. The molecule has 0 amide bonds. The Kier molecular flexibility index (Phi) is 5.16. The first-order valence-electron chi connectivity index (χ1n) is 9.39. The minimum atomic E-state index is 0.732. The lowest BCUT2D eigenvalue weighted by Gasteiger charge is -2.18. The van der Waals surface area contributed by atoms with E-state index in [1.54, 1.807) is 20.5 Å². The zero-order valence-electron chi connectivity index (χ0n) is 16.0. The lowest BCUT2D eigenvalue weighted by molar-refractivity contribution is 0.354. The van der Waals surface area contributed by atoms with Gasteiger partial charge in [0.1, 0.15) is 17.0 Å². The summed E-state index contributed by atoms with van der Waals surface area (Å²) < 4.78 is 10.7. The van der Waals surface area contributed by atoms with E-state index in [9.17, 15) is 0 Å². The van der Waals surface area contributed by atoms with Crippen LogP contribution in [-0.2, 0) is 19.3 Å². The monoisotopic (exact) mass is 383 g/mol. The van der Waals surface area contributed by atoms with Gasteiger partial charge in [-0.25, -0.2) is 9.97 Å². The van der Waals surface area contributed by atoms with Gasteiger partial charge in [-0.1, -0.05) is 13.0 Å². The molecule has 3 aromatic rings. The molecule has 1 aromatic carbocycles. The molecule has 0 unspecified atom stereocenters. The molecule has 0 aliphatic heterocycles. The smallest absolute Gasteiger partial charge is 0.160 e. The summed E-state index contributed by atoms with van der Waals surface area (Å²) in [7, 11) is 3.32. The Morgan fingerprint density at radius 3 is 2.85 bits per heavy atom. The van der Waals surface area contributed by atoms with Crippen molar-refractivity contribution >= 4 is 27.4 Å². The van der Waals surface area contributed by atoms with Crippen molar-refractivity contribution < 1.29 is 9.47 Å². The average molecular weight is 384 g/mol. The van der Waals surface area contributed by atoms with E-state index in [0.29, 0.717) is 0 Å². The Bertz CT molecular complexity index is 954. The van der Waals surface area contributed by atoms with Crippen molar-refractivity contribution in [1.29, 1.82) is 0 Å². The number of fused-ring (bicyclic) bond motifs is 3. The highest BCUT2D eigenvalue weighted by Gasteiger charge is 2.23. The highest BCUT2D eigenvalue weighted by molar-refractivity contribution is 7.19. The molecular formula is C21H25N3O2S. The summed E-state index contributed by atoms with van der Waals surface area (Å²) in [4.78, 5) is 11.7. The molecule has 2 heterocycles. The van der Waals surface area contributed by atoms with Crippen molar-refractivity contribution in [3.05, 3.63) is 40.5 Å². The summed E-state index contributed by atoms with van der Waals surface area (Å²) in [6, 6.07) is 6.06. The zero-order chi connectivity index (χ0) is 18.8. The highest BCUT2D eigenvalue weighted by atomic mass is 32.1. The first-order chi connectivity index (χ1) is 13.2. The molecule has 0 fully saturated rings. The number of ether oxygens (including phenoxy) is 2. The molecule has 5 nitrogen and oxygen atoms in total. The Hall–Kier alpha value is -2.34. The van der Waals surface area contributed by atoms with Crippen molar-refractivity contribution in [2.45, 2.75) is 32.6 Å². The number of aromatic nitrogens is 2. The van der Waals surface area contributed by atoms with Crippen LogP contribution in [0.25, 0.3) is 10.2 Å². The molecule has 4 rings (SSSR count). The van der Waals surface area contributed by atoms with Crippen LogP contribution in [-0.4, -0.2) is 30.7 Å². The molecular weight excluding hydrogens is 358 g/mol. The molecule has 0 saturated carbocycles. The molecule has 1 atom stereocenters. The maximum atomic E-state index is 5.40. The van der Waals surface area contributed by atoms with Crippen LogP contribution < -0.4 is 14.8 Å². The molecule has 6 heteroatoms. The van der Waals surface area contributed by atoms with Crippen molar-refractivity contribution in [2.24, 2.45) is 5.92 Å². The summed E-state index contributed by atoms with van der Waals surface area (Å²) >= 11 is 1.83. The maximum absolute atomic E-state index is 5.40. The van der Waals surface area contributed by atoms with Crippen LogP contribution in [0.2, 0.25) is 0 Å². The van der Waals surface area contributed by atoms with E-state index in [-0.39, 0.29) is 0 Å². The third-order valence-electron chi connectivity index (χ3n) is 5.24. The molecule has 1 N–H and O–H groups in total. The van der Waals surface area contributed by atoms with Gasteiger partial charge >= 0.3 is 0 Å². The summed E-state index contributed by atoms with van der Waals surface area (Å²) in [6.07, 6.45) is 6.13. The Morgan fingerprint density at radius 2 is 2.04 bits per heavy atom. The van der Waals surface area contributed by atoms with Crippen molar-refractivity contribution in [3.63, 3.8) is 0 Å². The van der Waals surface area contributed by atoms with E-state index in [1.165, 1.54) is 34.2 Å². The van der Waals surface area contributed by atoms with Gasteiger partial charge in [-0.05, 0) is 54.9 Å². The second-order valence-corrected chi connectivity index (χ2v) is 8.20. The molecule has 0 radical (unpaired) electrons.